The Morgan fingerprint density at radius 1 is 1.17 bits per heavy atom. The van der Waals surface area contributed by atoms with E-state index in [2.05, 4.69) is 41.9 Å². The highest BCUT2D eigenvalue weighted by Crippen LogP contribution is 2.37. The molecule has 1 aliphatic rings. The van der Waals surface area contributed by atoms with E-state index in [9.17, 15) is 9.18 Å². The number of benzene rings is 2. The third kappa shape index (κ3) is 3.30. The maximum atomic E-state index is 12.7. The summed E-state index contributed by atoms with van der Waals surface area (Å²) in [5, 5.41) is 17.1. The lowest BCUT2D eigenvalue weighted by Gasteiger charge is -2.25. The molecule has 7 nitrogen and oxygen atoms in total. The van der Waals surface area contributed by atoms with E-state index in [1.165, 1.54) is 4.90 Å². The molecule has 1 heterocycles. The van der Waals surface area contributed by atoms with E-state index < -0.39 is 19.0 Å². The number of amides is 2. The Morgan fingerprint density at radius 3 is 2.54 bits per heavy atom. The maximum absolute atomic E-state index is 12.7. The van der Waals surface area contributed by atoms with Crippen molar-refractivity contribution in [2.45, 2.75) is 6.17 Å². The molecule has 9 heteroatoms. The minimum atomic E-state index is -0.975. The minimum absolute atomic E-state index is 0.514. The fraction of sp³-hybridized carbons (Fsp3) is 0.133. The van der Waals surface area contributed by atoms with Gasteiger partial charge in [0.2, 0.25) is 6.17 Å². The van der Waals surface area contributed by atoms with Crippen molar-refractivity contribution in [3.05, 3.63) is 58.6 Å². The van der Waals surface area contributed by atoms with Crippen LogP contribution in [0.5, 0.6) is 0 Å². The molecular weight excluding hydrogens is 379 g/mol. The van der Waals surface area contributed by atoms with Crippen molar-refractivity contribution >= 4 is 33.3 Å². The normalized spacial score (nSPS) is 13.2. The molecule has 0 fully saturated rings. The first kappa shape index (κ1) is 16.2. The van der Waals surface area contributed by atoms with Gasteiger partial charge in [-0.05, 0) is 40.8 Å². The number of hydrogen-bond donors (Lipinski definition) is 1. The van der Waals surface area contributed by atoms with Gasteiger partial charge in [0.15, 0.2) is 6.80 Å². The summed E-state index contributed by atoms with van der Waals surface area (Å²) >= 11 is 3.39. The Bertz CT molecular complexity index is 786. The first-order chi connectivity index (χ1) is 11.7. The number of hydrogen-bond acceptors (Lipinski definition) is 5. The van der Waals surface area contributed by atoms with Crippen LogP contribution in [0.15, 0.2) is 73.7 Å². The van der Waals surface area contributed by atoms with Crippen LogP contribution >= 0.6 is 15.9 Å². The number of nitrogens with zero attached hydrogens (tertiary/aromatic N) is 5. The molecule has 0 saturated carbocycles. The number of carbonyl (C=O) groups excluding carboxylic acids is 1. The zero-order valence-corrected chi connectivity index (χ0v) is 13.9. The van der Waals surface area contributed by atoms with Gasteiger partial charge in [-0.25, -0.2) is 9.18 Å². The van der Waals surface area contributed by atoms with E-state index in [0.29, 0.717) is 16.9 Å². The molecule has 2 aromatic carbocycles. The van der Waals surface area contributed by atoms with E-state index in [4.69, 9.17) is 0 Å². The highest BCUT2D eigenvalue weighted by molar-refractivity contribution is 9.10. The average Bonchev–Trinajstić information content (AvgIpc) is 3.12. The van der Waals surface area contributed by atoms with Crippen molar-refractivity contribution in [3.63, 3.8) is 0 Å². The Labute approximate surface area is 145 Å². The van der Waals surface area contributed by atoms with Gasteiger partial charge in [-0.15, -0.1) is 10.2 Å². The van der Waals surface area contributed by atoms with Gasteiger partial charge in [0.1, 0.15) is 0 Å². The van der Waals surface area contributed by atoms with Crippen molar-refractivity contribution in [1.82, 2.24) is 5.32 Å². The Morgan fingerprint density at radius 2 is 1.88 bits per heavy atom. The summed E-state index contributed by atoms with van der Waals surface area (Å²) in [6, 6.07) is 13.6. The Hall–Kier alpha value is -2.68. The van der Waals surface area contributed by atoms with Crippen LogP contribution in [-0.2, 0) is 0 Å². The molecule has 0 saturated heterocycles. The molecule has 1 aliphatic heterocycles. The lowest BCUT2D eigenvalue weighted by Crippen LogP contribution is -2.37. The average molecular weight is 391 g/mol. The Kier molecular flexibility index (Phi) is 4.90. The van der Waals surface area contributed by atoms with Crippen LogP contribution in [0.1, 0.15) is 11.7 Å². The largest absolute Gasteiger partial charge is 0.328 e. The predicted octanol–water partition coefficient (Wildman–Crippen LogP) is 5.06. The molecule has 0 aromatic heterocycles. The number of carbonyl (C=O) groups is 1. The van der Waals surface area contributed by atoms with Gasteiger partial charge in [-0.3, -0.25) is 4.90 Å². The summed E-state index contributed by atoms with van der Waals surface area (Å²) in [7, 11) is 0. The summed E-state index contributed by atoms with van der Waals surface area (Å²) < 4.78 is 13.5. The summed E-state index contributed by atoms with van der Waals surface area (Å²) in [5.74, 6) is 0. The molecular formula is C15H12BrFN6O. The molecule has 0 spiro atoms. The molecule has 0 bridgehead atoms. The van der Waals surface area contributed by atoms with E-state index in [-0.39, 0.29) is 0 Å². The van der Waals surface area contributed by atoms with Crippen molar-refractivity contribution in [2.75, 3.05) is 11.7 Å². The molecule has 24 heavy (non-hydrogen) atoms. The molecule has 0 aliphatic carbocycles. The standard InChI is InChI=1S/C15H12BrFN6O/c16-10-6-7-13(12(8-10)14-19-21-22-20-14)23(15(24)18-9-17)11-4-2-1-3-5-11/h1-8,14H,9H2,(H,18,24). The zero-order chi connectivity index (χ0) is 16.9. The number of para-hydroxylation sites is 1. The van der Waals surface area contributed by atoms with E-state index in [0.717, 1.165) is 4.47 Å². The van der Waals surface area contributed by atoms with Crippen LogP contribution in [-0.4, -0.2) is 12.8 Å². The number of urea groups is 1. The lowest BCUT2D eigenvalue weighted by atomic mass is 10.1. The first-order valence-electron chi connectivity index (χ1n) is 6.99. The summed E-state index contributed by atoms with van der Waals surface area (Å²) in [6.07, 6.45) is -0.651. The van der Waals surface area contributed by atoms with Crippen LogP contribution in [0.3, 0.4) is 0 Å². The highest BCUT2D eigenvalue weighted by atomic mass is 79.9. The molecule has 3 rings (SSSR count). The number of halogens is 2. The van der Waals surface area contributed by atoms with Gasteiger partial charge in [0, 0.05) is 10.0 Å². The summed E-state index contributed by atoms with van der Waals surface area (Å²) in [6.45, 7) is -0.975. The van der Waals surface area contributed by atoms with Crippen molar-refractivity contribution in [3.8, 4) is 0 Å². The molecule has 122 valence electrons. The zero-order valence-electron chi connectivity index (χ0n) is 12.3. The summed E-state index contributed by atoms with van der Waals surface area (Å²) in [4.78, 5) is 13.8. The lowest BCUT2D eigenvalue weighted by molar-refractivity contribution is 0.243. The molecule has 2 amide bonds. The van der Waals surface area contributed by atoms with Crippen LogP contribution in [0.2, 0.25) is 0 Å². The van der Waals surface area contributed by atoms with Gasteiger partial charge in [-0.1, -0.05) is 34.1 Å². The fourth-order valence-electron chi connectivity index (χ4n) is 2.31. The second-order valence-corrected chi connectivity index (χ2v) is 5.69. The topological polar surface area (TPSA) is 81.8 Å². The first-order valence-corrected chi connectivity index (χ1v) is 7.78. The smallest absolute Gasteiger partial charge is 0.310 e. The van der Waals surface area contributed by atoms with Gasteiger partial charge in [-0.2, -0.15) is 0 Å². The second kappa shape index (κ2) is 7.26. The molecule has 0 unspecified atom stereocenters. The highest BCUT2D eigenvalue weighted by Gasteiger charge is 2.25. The second-order valence-electron chi connectivity index (χ2n) is 4.77. The maximum Gasteiger partial charge on any atom is 0.328 e. The molecule has 1 N–H and O–H groups in total. The van der Waals surface area contributed by atoms with Crippen molar-refractivity contribution in [2.24, 2.45) is 20.7 Å². The predicted molar refractivity (Wildman–Crippen MR) is 89.7 cm³/mol. The third-order valence-corrected chi connectivity index (χ3v) is 3.80. The molecule has 0 radical (unpaired) electrons. The van der Waals surface area contributed by atoms with Crippen LogP contribution in [0.4, 0.5) is 20.6 Å². The van der Waals surface area contributed by atoms with E-state index in [1.807, 2.05) is 6.07 Å². The number of rotatable bonds is 4. The molecule has 2 aromatic rings. The summed E-state index contributed by atoms with van der Waals surface area (Å²) in [5.41, 5.74) is 1.71. The van der Waals surface area contributed by atoms with Gasteiger partial charge in [0.25, 0.3) is 0 Å². The SMILES string of the molecule is O=C(NCF)N(c1ccccc1)c1ccc(Br)cc1C1N=NN=N1. The van der Waals surface area contributed by atoms with Crippen LogP contribution in [0, 0.1) is 0 Å². The third-order valence-electron chi connectivity index (χ3n) is 3.31. The van der Waals surface area contributed by atoms with Gasteiger partial charge >= 0.3 is 6.03 Å². The number of alkyl halides is 1. The van der Waals surface area contributed by atoms with Crippen molar-refractivity contribution in [1.29, 1.82) is 0 Å². The van der Waals surface area contributed by atoms with E-state index >= 15 is 0 Å². The van der Waals surface area contributed by atoms with Crippen molar-refractivity contribution < 1.29 is 9.18 Å². The minimum Gasteiger partial charge on any atom is -0.310 e. The van der Waals surface area contributed by atoms with Gasteiger partial charge < -0.3 is 5.32 Å². The van der Waals surface area contributed by atoms with E-state index in [1.54, 1.807) is 42.5 Å². The fourth-order valence-corrected chi connectivity index (χ4v) is 2.69. The monoisotopic (exact) mass is 390 g/mol. The number of nitrogens with one attached hydrogen (secondary N) is 1. The number of anilines is 2. The van der Waals surface area contributed by atoms with Crippen LogP contribution in [0.25, 0.3) is 0 Å². The quantitative estimate of drug-likeness (QED) is 0.727. The molecule has 0 atom stereocenters. The van der Waals surface area contributed by atoms with Crippen LogP contribution < -0.4 is 10.2 Å². The van der Waals surface area contributed by atoms with Gasteiger partial charge in [0.05, 0.1) is 11.4 Å². The Balaban J connectivity index is 2.12.